The number of methoxy groups -OCH3 is 1. The number of aryl methyl sites for hydroxylation is 1. The number of carbonyl (C=O) groups excluding carboxylic acids is 1. The molecular formula is C10H10FNO2. The molecule has 0 N–H and O–H groups in total. The SMILES string of the molecule is COC(=O)C=Cc1cc(F)ncc1C. The molecule has 0 aromatic carbocycles. The molecule has 0 saturated heterocycles. The molecule has 0 aliphatic heterocycles. The predicted molar refractivity (Wildman–Crippen MR) is 50.0 cm³/mol. The summed E-state index contributed by atoms with van der Waals surface area (Å²) in [5.41, 5.74) is 1.41. The Kier molecular flexibility index (Phi) is 3.34. The molecule has 1 aromatic heterocycles. The van der Waals surface area contributed by atoms with Crippen molar-refractivity contribution in [2.75, 3.05) is 7.11 Å². The third-order valence-electron chi connectivity index (χ3n) is 1.71. The first-order chi connectivity index (χ1) is 6.63. The summed E-state index contributed by atoms with van der Waals surface area (Å²) in [6.07, 6.45) is 4.14. The van der Waals surface area contributed by atoms with Crippen LogP contribution < -0.4 is 0 Å². The molecule has 0 aliphatic rings. The van der Waals surface area contributed by atoms with Crippen molar-refractivity contribution in [3.8, 4) is 0 Å². The molecule has 74 valence electrons. The van der Waals surface area contributed by atoms with Crippen LogP contribution in [-0.2, 0) is 9.53 Å². The highest BCUT2D eigenvalue weighted by Crippen LogP contribution is 2.09. The van der Waals surface area contributed by atoms with E-state index in [1.807, 2.05) is 0 Å². The molecule has 0 amide bonds. The van der Waals surface area contributed by atoms with Gasteiger partial charge in [0.05, 0.1) is 7.11 Å². The maximum Gasteiger partial charge on any atom is 0.330 e. The van der Waals surface area contributed by atoms with Crippen LogP contribution in [-0.4, -0.2) is 18.1 Å². The summed E-state index contributed by atoms with van der Waals surface area (Å²) >= 11 is 0. The normalized spacial score (nSPS) is 10.5. The van der Waals surface area contributed by atoms with Crippen molar-refractivity contribution in [1.29, 1.82) is 0 Å². The molecule has 1 rings (SSSR count). The lowest BCUT2D eigenvalue weighted by Crippen LogP contribution is -1.94. The van der Waals surface area contributed by atoms with Crippen LogP contribution in [0.2, 0.25) is 0 Å². The molecule has 0 atom stereocenters. The van der Waals surface area contributed by atoms with Crippen LogP contribution in [0.3, 0.4) is 0 Å². The fraction of sp³-hybridized carbons (Fsp3) is 0.200. The van der Waals surface area contributed by atoms with Crippen molar-refractivity contribution in [3.63, 3.8) is 0 Å². The zero-order valence-corrected chi connectivity index (χ0v) is 7.95. The van der Waals surface area contributed by atoms with Gasteiger partial charge in [0.2, 0.25) is 5.95 Å². The Balaban J connectivity index is 2.90. The van der Waals surface area contributed by atoms with Gasteiger partial charge in [0, 0.05) is 18.3 Å². The summed E-state index contributed by atoms with van der Waals surface area (Å²) in [6.45, 7) is 1.78. The second-order valence-corrected chi connectivity index (χ2v) is 2.72. The molecule has 4 heteroatoms. The Labute approximate surface area is 81.2 Å². The highest BCUT2D eigenvalue weighted by molar-refractivity contribution is 5.87. The van der Waals surface area contributed by atoms with Gasteiger partial charge in [-0.3, -0.25) is 0 Å². The Morgan fingerprint density at radius 1 is 1.64 bits per heavy atom. The Bertz CT molecular complexity index is 374. The highest BCUT2D eigenvalue weighted by Gasteiger charge is 1.98. The van der Waals surface area contributed by atoms with Crippen LogP contribution in [0.1, 0.15) is 11.1 Å². The number of hydrogen-bond donors (Lipinski definition) is 0. The zero-order chi connectivity index (χ0) is 10.6. The van der Waals surface area contributed by atoms with Crippen LogP contribution in [0, 0.1) is 12.9 Å². The van der Waals surface area contributed by atoms with Crippen molar-refractivity contribution in [3.05, 3.63) is 35.4 Å². The quantitative estimate of drug-likeness (QED) is 0.409. The molecule has 3 nitrogen and oxygen atoms in total. The summed E-state index contributed by atoms with van der Waals surface area (Å²) in [7, 11) is 1.28. The van der Waals surface area contributed by atoms with E-state index in [1.54, 1.807) is 6.92 Å². The van der Waals surface area contributed by atoms with Gasteiger partial charge in [0.25, 0.3) is 0 Å². The molecule has 0 aliphatic carbocycles. The number of rotatable bonds is 2. The molecule has 0 spiro atoms. The molecule has 0 unspecified atom stereocenters. The third kappa shape index (κ3) is 2.65. The van der Waals surface area contributed by atoms with Gasteiger partial charge >= 0.3 is 5.97 Å². The maximum absolute atomic E-state index is 12.7. The Hall–Kier alpha value is -1.71. The Morgan fingerprint density at radius 2 is 2.36 bits per heavy atom. The summed E-state index contributed by atoms with van der Waals surface area (Å²) in [5.74, 6) is -1.04. The molecule has 0 fully saturated rings. The van der Waals surface area contributed by atoms with E-state index < -0.39 is 11.9 Å². The number of carbonyl (C=O) groups is 1. The lowest BCUT2D eigenvalue weighted by atomic mass is 10.1. The first-order valence-electron chi connectivity index (χ1n) is 4.01. The fourth-order valence-electron chi connectivity index (χ4n) is 0.918. The summed E-state index contributed by atoms with van der Waals surface area (Å²) in [5, 5.41) is 0. The summed E-state index contributed by atoms with van der Waals surface area (Å²) in [4.78, 5) is 14.2. The first kappa shape index (κ1) is 10.4. The van der Waals surface area contributed by atoms with E-state index in [9.17, 15) is 9.18 Å². The van der Waals surface area contributed by atoms with Crippen molar-refractivity contribution >= 4 is 12.0 Å². The minimum Gasteiger partial charge on any atom is -0.466 e. The highest BCUT2D eigenvalue weighted by atomic mass is 19.1. The number of hydrogen-bond acceptors (Lipinski definition) is 3. The van der Waals surface area contributed by atoms with Gasteiger partial charge in [-0.15, -0.1) is 0 Å². The van der Waals surface area contributed by atoms with Gasteiger partial charge in [0.15, 0.2) is 0 Å². The largest absolute Gasteiger partial charge is 0.466 e. The van der Waals surface area contributed by atoms with Crippen LogP contribution in [0.5, 0.6) is 0 Å². The maximum atomic E-state index is 12.7. The van der Waals surface area contributed by atoms with Gasteiger partial charge in [-0.05, 0) is 24.1 Å². The molecule has 0 radical (unpaired) electrons. The standard InChI is InChI=1S/C10H10FNO2/c1-7-6-12-9(11)5-8(7)3-4-10(13)14-2/h3-6H,1-2H3. The van der Waals surface area contributed by atoms with E-state index in [1.165, 1.54) is 31.5 Å². The molecule has 0 bridgehead atoms. The van der Waals surface area contributed by atoms with Crippen molar-refractivity contribution in [2.24, 2.45) is 0 Å². The van der Waals surface area contributed by atoms with Gasteiger partial charge < -0.3 is 4.74 Å². The second-order valence-electron chi connectivity index (χ2n) is 2.72. The lowest BCUT2D eigenvalue weighted by molar-refractivity contribution is -0.134. The Morgan fingerprint density at radius 3 is 3.00 bits per heavy atom. The van der Waals surface area contributed by atoms with Crippen molar-refractivity contribution < 1.29 is 13.9 Å². The monoisotopic (exact) mass is 195 g/mol. The average molecular weight is 195 g/mol. The van der Waals surface area contributed by atoms with Crippen LogP contribution >= 0.6 is 0 Å². The van der Waals surface area contributed by atoms with Crippen LogP contribution in [0.4, 0.5) is 4.39 Å². The smallest absolute Gasteiger partial charge is 0.330 e. The summed E-state index contributed by atoms with van der Waals surface area (Å²) < 4.78 is 17.1. The number of aromatic nitrogens is 1. The molecule has 0 saturated carbocycles. The summed E-state index contributed by atoms with van der Waals surface area (Å²) in [6, 6.07) is 1.26. The minimum absolute atomic E-state index is 0.471. The number of esters is 1. The first-order valence-corrected chi connectivity index (χ1v) is 4.01. The number of halogens is 1. The van der Waals surface area contributed by atoms with E-state index in [0.717, 1.165) is 5.56 Å². The zero-order valence-electron chi connectivity index (χ0n) is 7.95. The average Bonchev–Trinajstić information content (AvgIpc) is 2.19. The molecular weight excluding hydrogens is 185 g/mol. The van der Waals surface area contributed by atoms with E-state index in [0.29, 0.717) is 5.56 Å². The molecule has 1 heterocycles. The number of ether oxygens (including phenoxy) is 1. The number of pyridine rings is 1. The lowest BCUT2D eigenvalue weighted by Gasteiger charge is -1.98. The minimum atomic E-state index is -0.569. The van der Waals surface area contributed by atoms with E-state index in [-0.39, 0.29) is 0 Å². The topological polar surface area (TPSA) is 39.2 Å². The van der Waals surface area contributed by atoms with Crippen LogP contribution in [0.25, 0.3) is 6.08 Å². The fourth-order valence-corrected chi connectivity index (χ4v) is 0.918. The molecule has 14 heavy (non-hydrogen) atoms. The molecule has 1 aromatic rings. The number of nitrogens with zero attached hydrogens (tertiary/aromatic N) is 1. The predicted octanol–water partition coefficient (Wildman–Crippen LogP) is 1.72. The van der Waals surface area contributed by atoms with Gasteiger partial charge in [-0.25, -0.2) is 9.78 Å². The van der Waals surface area contributed by atoms with Gasteiger partial charge in [-0.2, -0.15) is 4.39 Å². The third-order valence-corrected chi connectivity index (χ3v) is 1.71. The van der Waals surface area contributed by atoms with E-state index >= 15 is 0 Å². The van der Waals surface area contributed by atoms with Crippen molar-refractivity contribution in [1.82, 2.24) is 4.98 Å². The van der Waals surface area contributed by atoms with E-state index in [4.69, 9.17) is 0 Å². The second kappa shape index (κ2) is 4.50. The van der Waals surface area contributed by atoms with Crippen molar-refractivity contribution in [2.45, 2.75) is 6.92 Å². The van der Waals surface area contributed by atoms with Gasteiger partial charge in [0.1, 0.15) is 0 Å². The van der Waals surface area contributed by atoms with Gasteiger partial charge in [-0.1, -0.05) is 0 Å². The van der Waals surface area contributed by atoms with E-state index in [2.05, 4.69) is 9.72 Å². The van der Waals surface area contributed by atoms with Crippen LogP contribution in [0.15, 0.2) is 18.3 Å².